The summed E-state index contributed by atoms with van der Waals surface area (Å²) in [4.78, 5) is 25.7. The highest BCUT2D eigenvalue weighted by molar-refractivity contribution is 6.04. The van der Waals surface area contributed by atoms with Crippen molar-refractivity contribution in [3.63, 3.8) is 0 Å². The van der Waals surface area contributed by atoms with Gasteiger partial charge in [0.1, 0.15) is 5.69 Å². The monoisotopic (exact) mass is 279 g/mol. The second-order valence-corrected chi connectivity index (χ2v) is 5.45. The summed E-state index contributed by atoms with van der Waals surface area (Å²) in [5, 5.41) is 12.0. The summed E-state index contributed by atoms with van der Waals surface area (Å²) in [6.07, 6.45) is 2.13. The predicted octanol–water partition coefficient (Wildman–Crippen LogP) is -0.0158. The van der Waals surface area contributed by atoms with Crippen LogP contribution in [0.5, 0.6) is 0 Å². The van der Waals surface area contributed by atoms with Crippen LogP contribution in [-0.4, -0.2) is 52.1 Å². The van der Waals surface area contributed by atoms with E-state index in [1.165, 1.54) is 0 Å². The van der Waals surface area contributed by atoms with Gasteiger partial charge in [0.05, 0.1) is 12.6 Å². The minimum atomic E-state index is -0.382. The molecule has 1 aromatic rings. The average Bonchev–Trinajstić information content (AvgIpc) is 2.80. The van der Waals surface area contributed by atoms with Crippen LogP contribution in [0.1, 0.15) is 23.8 Å². The third-order valence-electron chi connectivity index (χ3n) is 3.74. The number of likely N-dealkylation sites (tertiary alicyclic amines) is 1. The zero-order valence-electron chi connectivity index (χ0n) is 11.9. The molecule has 2 atom stereocenters. The molecule has 2 rings (SSSR count). The molecule has 6 heteroatoms. The molecule has 1 aliphatic heterocycles. The van der Waals surface area contributed by atoms with Crippen molar-refractivity contribution in [1.29, 1.82) is 0 Å². The summed E-state index contributed by atoms with van der Waals surface area (Å²) in [6, 6.07) is 3.43. The molecule has 0 bridgehead atoms. The highest BCUT2D eigenvalue weighted by Gasteiger charge is 2.25. The Balaban J connectivity index is 1.84. The van der Waals surface area contributed by atoms with Crippen LogP contribution in [0.15, 0.2) is 18.3 Å². The van der Waals surface area contributed by atoms with Crippen LogP contribution in [0.25, 0.3) is 0 Å². The molecule has 2 heterocycles. The molecule has 2 unspecified atom stereocenters. The highest BCUT2D eigenvalue weighted by Crippen LogP contribution is 2.15. The van der Waals surface area contributed by atoms with Gasteiger partial charge in [-0.25, -0.2) is 0 Å². The maximum absolute atomic E-state index is 11.9. The van der Waals surface area contributed by atoms with Crippen molar-refractivity contribution >= 4 is 11.8 Å². The molecule has 110 valence electrons. The largest absolute Gasteiger partial charge is 0.393 e. The Hall–Kier alpha value is -1.66. The van der Waals surface area contributed by atoms with E-state index in [2.05, 4.69) is 5.32 Å². The molecule has 0 saturated carbocycles. The van der Waals surface area contributed by atoms with Crippen molar-refractivity contribution in [1.82, 2.24) is 14.8 Å². The molecule has 1 aromatic heterocycles. The zero-order chi connectivity index (χ0) is 14.7. The topological polar surface area (TPSA) is 74.6 Å². The maximum atomic E-state index is 11.9. The number of hydrogen-bond acceptors (Lipinski definition) is 4. The van der Waals surface area contributed by atoms with Gasteiger partial charge in [-0.05, 0) is 24.5 Å². The van der Waals surface area contributed by atoms with Crippen LogP contribution >= 0.6 is 0 Å². The minimum Gasteiger partial charge on any atom is -0.393 e. The number of aliphatic hydroxyl groups is 1. The summed E-state index contributed by atoms with van der Waals surface area (Å²) in [7, 11) is 1.76. The number of nitrogens with one attached hydrogen (secondary N) is 1. The van der Waals surface area contributed by atoms with Gasteiger partial charge in [0.25, 0.3) is 5.91 Å². The smallest absolute Gasteiger partial charge is 0.274 e. The molecule has 0 aliphatic carbocycles. The van der Waals surface area contributed by atoms with Crippen molar-refractivity contribution in [3.8, 4) is 0 Å². The third-order valence-corrected chi connectivity index (χ3v) is 3.74. The number of nitrogens with zero attached hydrogens (tertiary/aromatic N) is 2. The summed E-state index contributed by atoms with van der Waals surface area (Å²) in [5.74, 6) is -0.535. The van der Waals surface area contributed by atoms with Crippen LogP contribution < -0.4 is 5.32 Å². The van der Waals surface area contributed by atoms with Crippen LogP contribution in [0.3, 0.4) is 0 Å². The number of amides is 2. The number of aromatic nitrogens is 1. The number of aryl methyl sites for hydroxylation is 1. The van der Waals surface area contributed by atoms with Gasteiger partial charge >= 0.3 is 0 Å². The Morgan fingerprint density at radius 2 is 2.25 bits per heavy atom. The fraction of sp³-hybridized carbons (Fsp3) is 0.571. The number of aliphatic hydroxyl groups excluding tert-OH is 1. The quantitative estimate of drug-likeness (QED) is 0.816. The minimum absolute atomic E-state index is 0.153. The SMILES string of the molecule is CC1CN(CC(=O)NC(=O)c2cccn2C)CCC1O. The van der Waals surface area contributed by atoms with E-state index < -0.39 is 0 Å². The van der Waals surface area contributed by atoms with Gasteiger partial charge in [0.15, 0.2) is 0 Å². The first-order chi connectivity index (χ1) is 9.47. The molecule has 2 amide bonds. The fourth-order valence-corrected chi connectivity index (χ4v) is 2.49. The predicted molar refractivity (Wildman–Crippen MR) is 74.1 cm³/mol. The van der Waals surface area contributed by atoms with Gasteiger partial charge in [-0.2, -0.15) is 0 Å². The van der Waals surface area contributed by atoms with Gasteiger partial charge in [-0.1, -0.05) is 6.92 Å². The van der Waals surface area contributed by atoms with Crippen LogP contribution in [-0.2, 0) is 11.8 Å². The molecule has 0 radical (unpaired) electrons. The first-order valence-corrected chi connectivity index (χ1v) is 6.83. The number of carbonyl (C=O) groups is 2. The number of carbonyl (C=O) groups excluding carboxylic acids is 2. The third kappa shape index (κ3) is 3.46. The summed E-state index contributed by atoms with van der Waals surface area (Å²) >= 11 is 0. The van der Waals surface area contributed by atoms with Crippen LogP contribution in [0.4, 0.5) is 0 Å². The lowest BCUT2D eigenvalue weighted by atomic mass is 9.97. The van der Waals surface area contributed by atoms with Crippen molar-refractivity contribution in [2.45, 2.75) is 19.4 Å². The molecule has 1 fully saturated rings. The van der Waals surface area contributed by atoms with E-state index in [-0.39, 0.29) is 30.4 Å². The lowest BCUT2D eigenvalue weighted by Gasteiger charge is -2.33. The maximum Gasteiger partial charge on any atom is 0.274 e. The molecule has 2 N–H and O–H groups in total. The van der Waals surface area contributed by atoms with Gasteiger partial charge in [-0.3, -0.25) is 19.8 Å². The lowest BCUT2D eigenvalue weighted by molar-refractivity contribution is -0.122. The van der Waals surface area contributed by atoms with E-state index in [0.29, 0.717) is 25.2 Å². The van der Waals surface area contributed by atoms with E-state index in [9.17, 15) is 14.7 Å². The average molecular weight is 279 g/mol. The van der Waals surface area contributed by atoms with Crippen molar-refractivity contribution in [2.24, 2.45) is 13.0 Å². The van der Waals surface area contributed by atoms with Gasteiger partial charge in [0.2, 0.25) is 5.91 Å². The Bertz CT molecular complexity index is 498. The molecule has 0 aromatic carbocycles. The molecule has 1 saturated heterocycles. The number of piperidine rings is 1. The summed E-state index contributed by atoms with van der Waals surface area (Å²) < 4.78 is 1.67. The standard InChI is InChI=1S/C14H21N3O3/c1-10-8-17(7-5-12(10)18)9-13(19)15-14(20)11-4-3-6-16(11)2/h3-4,6,10,12,18H,5,7-9H2,1-2H3,(H,15,19,20). The molecule has 6 nitrogen and oxygen atoms in total. The fourth-order valence-electron chi connectivity index (χ4n) is 2.49. The van der Waals surface area contributed by atoms with E-state index in [1.54, 1.807) is 29.9 Å². The first-order valence-electron chi connectivity index (χ1n) is 6.83. The second-order valence-electron chi connectivity index (χ2n) is 5.45. The Kier molecular flexibility index (Phi) is 4.57. The Morgan fingerprint density at radius 1 is 1.50 bits per heavy atom. The van der Waals surface area contributed by atoms with Crippen LogP contribution in [0, 0.1) is 5.92 Å². The normalized spacial score (nSPS) is 23.6. The number of rotatable bonds is 3. The zero-order valence-corrected chi connectivity index (χ0v) is 11.9. The second kappa shape index (κ2) is 6.19. The Labute approximate surface area is 118 Å². The van der Waals surface area contributed by atoms with Crippen molar-refractivity contribution in [3.05, 3.63) is 24.0 Å². The molecule has 1 aliphatic rings. The molecular formula is C14H21N3O3. The van der Waals surface area contributed by atoms with Gasteiger partial charge in [-0.15, -0.1) is 0 Å². The number of hydrogen-bond donors (Lipinski definition) is 2. The van der Waals surface area contributed by atoms with Gasteiger partial charge in [0, 0.05) is 26.3 Å². The Morgan fingerprint density at radius 3 is 2.85 bits per heavy atom. The van der Waals surface area contributed by atoms with Gasteiger partial charge < -0.3 is 9.67 Å². The van der Waals surface area contributed by atoms with Crippen molar-refractivity contribution < 1.29 is 14.7 Å². The highest BCUT2D eigenvalue weighted by atomic mass is 16.3. The van der Waals surface area contributed by atoms with Crippen LogP contribution in [0.2, 0.25) is 0 Å². The lowest BCUT2D eigenvalue weighted by Crippen LogP contribution is -2.47. The number of imide groups is 1. The van der Waals surface area contributed by atoms with E-state index in [0.717, 1.165) is 0 Å². The molecule has 20 heavy (non-hydrogen) atoms. The summed E-state index contributed by atoms with van der Waals surface area (Å²) in [6.45, 7) is 3.50. The first kappa shape index (κ1) is 14.7. The van der Waals surface area contributed by atoms with E-state index in [4.69, 9.17) is 0 Å². The van der Waals surface area contributed by atoms with Crippen molar-refractivity contribution in [2.75, 3.05) is 19.6 Å². The summed E-state index contributed by atoms with van der Waals surface area (Å²) in [5.41, 5.74) is 0.459. The van der Waals surface area contributed by atoms with E-state index >= 15 is 0 Å². The molecular weight excluding hydrogens is 258 g/mol. The van der Waals surface area contributed by atoms with E-state index in [1.807, 2.05) is 11.8 Å². The molecule has 0 spiro atoms.